The number of aliphatic hydroxyl groups excluding tert-OH is 1. The van der Waals surface area contributed by atoms with Gasteiger partial charge in [-0.15, -0.1) is 0 Å². The van der Waals surface area contributed by atoms with Gasteiger partial charge in [-0.05, 0) is 28.1 Å². The van der Waals surface area contributed by atoms with E-state index >= 15 is 0 Å². The van der Waals surface area contributed by atoms with Crippen molar-refractivity contribution in [2.45, 2.75) is 6.10 Å². The monoisotopic (exact) mass is 342 g/mol. The molecule has 6 heteroatoms. The molecule has 1 aromatic carbocycles. The average Bonchev–Trinajstić information content (AvgIpc) is 2.09. The fraction of sp³-hybridized carbons (Fsp3) is 0.125. The van der Waals surface area contributed by atoms with E-state index < -0.39 is 12.1 Å². The van der Waals surface area contributed by atoms with E-state index in [0.29, 0.717) is 14.0 Å². The molecule has 0 aliphatic heterocycles. The molecule has 0 aliphatic rings. The Morgan fingerprint density at radius 2 is 2.00 bits per heavy atom. The zero-order chi connectivity index (χ0) is 10.9. The fourth-order valence-corrected chi connectivity index (χ4v) is 2.19. The molecule has 0 saturated heterocycles. The van der Waals surface area contributed by atoms with E-state index in [1.165, 1.54) is 6.07 Å². The van der Waals surface area contributed by atoms with E-state index in [4.69, 9.17) is 16.7 Å². The summed E-state index contributed by atoms with van der Waals surface area (Å²) in [6, 6.07) is 3.10. The Bertz CT molecular complexity index is 381. The van der Waals surface area contributed by atoms with Crippen LogP contribution in [0.4, 0.5) is 0 Å². The van der Waals surface area contributed by atoms with E-state index in [-0.39, 0.29) is 5.56 Å². The van der Waals surface area contributed by atoms with Crippen molar-refractivity contribution in [1.29, 1.82) is 0 Å². The Morgan fingerprint density at radius 3 is 2.50 bits per heavy atom. The van der Waals surface area contributed by atoms with Gasteiger partial charge in [-0.1, -0.05) is 27.5 Å². The number of carboxylic acid groups (broad SMARTS) is 1. The molecule has 1 unspecified atom stereocenters. The first-order valence-corrected chi connectivity index (χ1v) is 5.45. The number of hydrogen-bond donors (Lipinski definition) is 2. The highest BCUT2D eigenvalue weighted by Gasteiger charge is 2.20. The third-order valence-corrected chi connectivity index (χ3v) is 3.42. The number of carboxylic acids is 1. The van der Waals surface area contributed by atoms with Crippen molar-refractivity contribution >= 4 is 49.4 Å². The highest BCUT2D eigenvalue weighted by Crippen LogP contribution is 2.33. The van der Waals surface area contributed by atoms with Gasteiger partial charge in [0.05, 0.1) is 5.02 Å². The number of rotatable bonds is 2. The molecule has 1 aromatic rings. The molecule has 0 bridgehead atoms. The molecule has 0 aliphatic carbocycles. The van der Waals surface area contributed by atoms with Gasteiger partial charge in [0.25, 0.3) is 0 Å². The highest BCUT2D eigenvalue weighted by atomic mass is 79.9. The van der Waals surface area contributed by atoms with Crippen LogP contribution in [0.15, 0.2) is 21.1 Å². The molecule has 0 amide bonds. The second-order valence-corrected chi connectivity index (χ2v) is 4.65. The third kappa shape index (κ3) is 2.48. The van der Waals surface area contributed by atoms with E-state index in [0.717, 1.165) is 0 Å². The molecule has 0 heterocycles. The first-order valence-electron chi connectivity index (χ1n) is 3.48. The van der Waals surface area contributed by atoms with Crippen molar-refractivity contribution in [2.75, 3.05) is 0 Å². The number of hydrogen-bond acceptors (Lipinski definition) is 2. The molecule has 2 N–H and O–H groups in total. The standard InChI is InChI=1S/C8H5Br2ClO3/c9-3-1-4(7(12)8(13)14)6(10)5(11)2-3/h1-2,7,12H,(H,13,14). The first kappa shape index (κ1) is 12.0. The van der Waals surface area contributed by atoms with Gasteiger partial charge in [-0.2, -0.15) is 0 Å². The summed E-state index contributed by atoms with van der Waals surface area (Å²) in [6.45, 7) is 0. The number of benzene rings is 1. The van der Waals surface area contributed by atoms with Gasteiger partial charge in [0.15, 0.2) is 6.10 Å². The van der Waals surface area contributed by atoms with Crippen molar-refractivity contribution in [2.24, 2.45) is 0 Å². The van der Waals surface area contributed by atoms with Gasteiger partial charge >= 0.3 is 5.97 Å². The number of aliphatic carboxylic acids is 1. The molecule has 0 aromatic heterocycles. The molecule has 1 rings (SSSR count). The van der Waals surface area contributed by atoms with Gasteiger partial charge in [-0.25, -0.2) is 4.79 Å². The van der Waals surface area contributed by atoms with Crippen LogP contribution in [0, 0.1) is 0 Å². The molecule has 14 heavy (non-hydrogen) atoms. The molecule has 0 fully saturated rings. The average molecular weight is 344 g/mol. The van der Waals surface area contributed by atoms with E-state index in [9.17, 15) is 9.90 Å². The number of halogens is 3. The summed E-state index contributed by atoms with van der Waals surface area (Å²) in [5.74, 6) is -1.32. The topological polar surface area (TPSA) is 57.5 Å². The van der Waals surface area contributed by atoms with Gasteiger partial charge < -0.3 is 10.2 Å². The molecule has 76 valence electrons. The molecular weight excluding hydrogens is 339 g/mol. The minimum absolute atomic E-state index is 0.219. The van der Waals surface area contributed by atoms with Gasteiger partial charge in [0, 0.05) is 14.5 Å². The van der Waals surface area contributed by atoms with Crippen LogP contribution in [-0.2, 0) is 4.79 Å². The highest BCUT2D eigenvalue weighted by molar-refractivity contribution is 9.11. The largest absolute Gasteiger partial charge is 0.479 e. The first-order chi connectivity index (χ1) is 6.43. The molecule has 0 saturated carbocycles. The van der Waals surface area contributed by atoms with Crippen LogP contribution < -0.4 is 0 Å². The zero-order valence-electron chi connectivity index (χ0n) is 6.67. The Labute approximate surface area is 102 Å². The lowest BCUT2D eigenvalue weighted by Crippen LogP contribution is -2.11. The second-order valence-electron chi connectivity index (χ2n) is 2.53. The minimum Gasteiger partial charge on any atom is -0.479 e. The van der Waals surface area contributed by atoms with Gasteiger partial charge in [0.1, 0.15) is 0 Å². The van der Waals surface area contributed by atoms with Crippen LogP contribution in [0.3, 0.4) is 0 Å². The lowest BCUT2D eigenvalue weighted by Gasteiger charge is -2.10. The number of aliphatic hydroxyl groups is 1. The molecule has 3 nitrogen and oxygen atoms in total. The molecular formula is C8H5Br2ClO3. The van der Waals surface area contributed by atoms with E-state index in [2.05, 4.69) is 31.9 Å². The normalized spacial score (nSPS) is 12.6. The predicted molar refractivity (Wildman–Crippen MR) is 59.4 cm³/mol. The SMILES string of the molecule is O=C(O)C(O)c1cc(Br)cc(Cl)c1Br. The summed E-state index contributed by atoms with van der Waals surface area (Å²) in [6.07, 6.45) is -1.58. The summed E-state index contributed by atoms with van der Waals surface area (Å²) in [5.41, 5.74) is 0.219. The fourth-order valence-electron chi connectivity index (χ4n) is 0.908. The van der Waals surface area contributed by atoms with Crippen LogP contribution in [0.1, 0.15) is 11.7 Å². The van der Waals surface area contributed by atoms with E-state index in [1.807, 2.05) is 0 Å². The zero-order valence-corrected chi connectivity index (χ0v) is 10.6. The van der Waals surface area contributed by atoms with Crippen LogP contribution in [0.25, 0.3) is 0 Å². The summed E-state index contributed by atoms with van der Waals surface area (Å²) in [7, 11) is 0. The number of carbonyl (C=O) groups is 1. The smallest absolute Gasteiger partial charge is 0.337 e. The van der Waals surface area contributed by atoms with Crippen LogP contribution in [-0.4, -0.2) is 16.2 Å². The summed E-state index contributed by atoms with van der Waals surface area (Å²) in [5, 5.41) is 18.3. The lowest BCUT2D eigenvalue weighted by molar-refractivity contribution is -0.147. The summed E-state index contributed by atoms with van der Waals surface area (Å²) < 4.78 is 0.998. The maximum absolute atomic E-state index is 10.5. The maximum atomic E-state index is 10.5. The van der Waals surface area contributed by atoms with Crippen molar-refractivity contribution in [3.8, 4) is 0 Å². The minimum atomic E-state index is -1.58. The van der Waals surface area contributed by atoms with Gasteiger partial charge in [0.2, 0.25) is 0 Å². The van der Waals surface area contributed by atoms with Crippen molar-refractivity contribution in [3.63, 3.8) is 0 Å². The maximum Gasteiger partial charge on any atom is 0.337 e. The van der Waals surface area contributed by atoms with Crippen molar-refractivity contribution in [3.05, 3.63) is 31.7 Å². The molecule has 0 radical (unpaired) electrons. The van der Waals surface area contributed by atoms with E-state index in [1.54, 1.807) is 6.07 Å². The molecule has 0 spiro atoms. The quantitative estimate of drug-likeness (QED) is 0.811. The summed E-state index contributed by atoms with van der Waals surface area (Å²) >= 11 is 12.0. The summed E-state index contributed by atoms with van der Waals surface area (Å²) in [4.78, 5) is 10.5. The van der Waals surface area contributed by atoms with Crippen LogP contribution >= 0.6 is 43.5 Å². The Kier molecular flexibility index (Phi) is 3.94. The predicted octanol–water partition coefficient (Wildman–Crippen LogP) is 2.98. The third-order valence-electron chi connectivity index (χ3n) is 1.55. The van der Waals surface area contributed by atoms with Crippen LogP contribution in [0.2, 0.25) is 5.02 Å². The van der Waals surface area contributed by atoms with Crippen molar-refractivity contribution in [1.82, 2.24) is 0 Å². The Balaban J connectivity index is 3.26. The van der Waals surface area contributed by atoms with Gasteiger partial charge in [-0.3, -0.25) is 0 Å². The van der Waals surface area contributed by atoms with Crippen LogP contribution in [0.5, 0.6) is 0 Å². The van der Waals surface area contributed by atoms with Crippen molar-refractivity contribution < 1.29 is 15.0 Å². The Hall–Kier alpha value is -0.100. The Morgan fingerprint density at radius 1 is 1.43 bits per heavy atom. The lowest BCUT2D eigenvalue weighted by atomic mass is 10.1. The second kappa shape index (κ2) is 4.61. The molecule has 1 atom stereocenters.